The maximum absolute atomic E-state index is 12.4. The van der Waals surface area contributed by atoms with Crippen LogP contribution in [0.25, 0.3) is 0 Å². The Balaban J connectivity index is 2.31. The number of nitrogen functional groups attached to an aromatic ring is 1. The first-order valence-corrected chi connectivity index (χ1v) is 8.02. The van der Waals surface area contributed by atoms with Crippen LogP contribution in [-0.2, 0) is 10.0 Å². The first-order valence-electron chi connectivity index (χ1n) is 6.53. The molecular weight excluding hydrogens is 290 g/mol. The molecule has 3 N–H and O–H groups in total. The molecule has 21 heavy (non-hydrogen) atoms. The summed E-state index contributed by atoms with van der Waals surface area (Å²) in [5, 5.41) is 3.84. The first-order chi connectivity index (χ1) is 9.72. The van der Waals surface area contributed by atoms with E-state index in [1.54, 1.807) is 39.8 Å². The average Bonchev–Trinajstić information content (AvgIpc) is 2.71. The second-order valence-corrected chi connectivity index (χ2v) is 6.81. The minimum Gasteiger partial charge on any atom is -0.399 e. The average molecular weight is 309 g/mol. The predicted molar refractivity (Wildman–Crippen MR) is 80.3 cm³/mol. The number of nitrogens with two attached hydrogens (primary N) is 1. The lowest BCUT2D eigenvalue weighted by Gasteiger charge is -2.14. The van der Waals surface area contributed by atoms with Crippen LogP contribution >= 0.6 is 0 Å². The Labute approximate surface area is 124 Å². The maximum Gasteiger partial charge on any atom is 0.241 e. The third-order valence-corrected chi connectivity index (χ3v) is 4.94. The van der Waals surface area contributed by atoms with E-state index in [9.17, 15) is 8.42 Å². The fourth-order valence-corrected chi connectivity index (χ4v) is 3.58. The van der Waals surface area contributed by atoms with Gasteiger partial charge in [0.25, 0.3) is 0 Å². The first kappa shape index (κ1) is 15.5. The molecule has 0 aliphatic rings. The Kier molecular flexibility index (Phi) is 4.06. The fraction of sp³-hybridized carbons (Fsp3) is 0.357. The smallest absolute Gasteiger partial charge is 0.241 e. The number of aryl methyl sites for hydroxylation is 3. The van der Waals surface area contributed by atoms with E-state index in [1.165, 1.54) is 6.07 Å². The summed E-state index contributed by atoms with van der Waals surface area (Å²) in [5.74, 6) is 0.608. The zero-order chi connectivity index (χ0) is 15.8. The van der Waals surface area contributed by atoms with Crippen LogP contribution in [-0.4, -0.2) is 13.6 Å². The highest BCUT2D eigenvalue weighted by Crippen LogP contribution is 2.24. The van der Waals surface area contributed by atoms with Gasteiger partial charge in [-0.1, -0.05) is 5.16 Å². The molecule has 2 rings (SSSR count). The van der Waals surface area contributed by atoms with Gasteiger partial charge in [0.05, 0.1) is 10.6 Å². The van der Waals surface area contributed by atoms with Gasteiger partial charge in [-0.2, -0.15) is 0 Å². The van der Waals surface area contributed by atoms with Gasteiger partial charge in [0.15, 0.2) is 0 Å². The van der Waals surface area contributed by atoms with Crippen molar-refractivity contribution in [2.24, 2.45) is 0 Å². The lowest BCUT2D eigenvalue weighted by atomic mass is 10.1. The van der Waals surface area contributed by atoms with Gasteiger partial charge in [-0.3, -0.25) is 0 Å². The van der Waals surface area contributed by atoms with Crippen molar-refractivity contribution in [2.45, 2.75) is 38.6 Å². The number of hydrogen-bond acceptors (Lipinski definition) is 5. The molecule has 1 aromatic heterocycles. The molecule has 0 amide bonds. The molecule has 7 heteroatoms. The number of sulfonamides is 1. The summed E-state index contributed by atoms with van der Waals surface area (Å²) in [4.78, 5) is 0.188. The third-order valence-electron chi connectivity index (χ3n) is 3.41. The Hall–Kier alpha value is -1.86. The number of benzene rings is 1. The molecule has 1 atom stereocenters. The van der Waals surface area contributed by atoms with Crippen LogP contribution in [0.3, 0.4) is 0 Å². The van der Waals surface area contributed by atoms with E-state index in [1.807, 2.05) is 0 Å². The van der Waals surface area contributed by atoms with Crippen LogP contribution in [0, 0.1) is 20.8 Å². The Morgan fingerprint density at radius 2 is 1.95 bits per heavy atom. The predicted octanol–water partition coefficient (Wildman–Crippen LogP) is 2.22. The zero-order valence-corrected chi connectivity index (χ0v) is 13.3. The summed E-state index contributed by atoms with van der Waals surface area (Å²) in [6, 6.07) is 4.20. The second-order valence-electron chi connectivity index (χ2n) is 5.10. The molecule has 0 spiro atoms. The molecule has 0 aliphatic heterocycles. The van der Waals surface area contributed by atoms with Crippen LogP contribution in [0.1, 0.15) is 35.5 Å². The monoisotopic (exact) mass is 309 g/mol. The van der Waals surface area contributed by atoms with Crippen LogP contribution in [0.5, 0.6) is 0 Å². The van der Waals surface area contributed by atoms with Gasteiger partial charge in [0.1, 0.15) is 5.76 Å². The van der Waals surface area contributed by atoms with E-state index >= 15 is 0 Å². The van der Waals surface area contributed by atoms with Crippen LogP contribution in [0.2, 0.25) is 0 Å². The molecular formula is C14H19N3O3S. The SMILES string of the molecule is Cc1cc(S(=O)(=O)NC(C)c2c(C)noc2C)ccc1N. The normalized spacial score (nSPS) is 13.3. The lowest BCUT2D eigenvalue weighted by Crippen LogP contribution is -2.27. The highest BCUT2D eigenvalue weighted by molar-refractivity contribution is 7.89. The number of rotatable bonds is 4. The molecule has 0 fully saturated rings. The summed E-state index contributed by atoms with van der Waals surface area (Å²) in [5.41, 5.74) is 8.43. The van der Waals surface area contributed by atoms with Gasteiger partial charge in [-0.15, -0.1) is 0 Å². The minimum absolute atomic E-state index is 0.188. The van der Waals surface area contributed by atoms with Crippen molar-refractivity contribution in [3.05, 3.63) is 40.8 Å². The van der Waals surface area contributed by atoms with Gasteiger partial charge >= 0.3 is 0 Å². The van der Waals surface area contributed by atoms with E-state index in [0.29, 0.717) is 17.1 Å². The highest BCUT2D eigenvalue weighted by atomic mass is 32.2. The van der Waals surface area contributed by atoms with Crippen LogP contribution < -0.4 is 10.5 Å². The summed E-state index contributed by atoms with van der Waals surface area (Å²) < 4.78 is 32.5. The Morgan fingerprint density at radius 1 is 1.29 bits per heavy atom. The maximum atomic E-state index is 12.4. The molecule has 0 saturated carbocycles. The molecule has 0 saturated heterocycles. The number of hydrogen-bond donors (Lipinski definition) is 2. The van der Waals surface area contributed by atoms with E-state index in [-0.39, 0.29) is 4.90 Å². The molecule has 6 nitrogen and oxygen atoms in total. The van der Waals surface area contributed by atoms with Crippen molar-refractivity contribution in [2.75, 3.05) is 5.73 Å². The van der Waals surface area contributed by atoms with Crippen LogP contribution in [0.15, 0.2) is 27.6 Å². The van der Waals surface area contributed by atoms with Crippen molar-refractivity contribution in [1.29, 1.82) is 0 Å². The van der Waals surface area contributed by atoms with Gasteiger partial charge in [0, 0.05) is 17.3 Å². The largest absolute Gasteiger partial charge is 0.399 e. The van der Waals surface area contributed by atoms with Crippen molar-refractivity contribution in [3.63, 3.8) is 0 Å². The van der Waals surface area contributed by atoms with Crippen molar-refractivity contribution in [3.8, 4) is 0 Å². The zero-order valence-electron chi connectivity index (χ0n) is 12.5. The standard InChI is InChI=1S/C14H19N3O3S/c1-8-7-12(5-6-13(8)15)21(18,19)17-10(3)14-9(2)16-20-11(14)4/h5-7,10,17H,15H2,1-4H3. The van der Waals surface area contributed by atoms with Gasteiger partial charge in [-0.05, 0) is 51.5 Å². The molecule has 1 unspecified atom stereocenters. The molecule has 0 aliphatic carbocycles. The van der Waals surface area contributed by atoms with E-state index in [2.05, 4.69) is 9.88 Å². The molecule has 114 valence electrons. The van der Waals surface area contributed by atoms with E-state index < -0.39 is 16.1 Å². The quantitative estimate of drug-likeness (QED) is 0.844. The van der Waals surface area contributed by atoms with E-state index in [0.717, 1.165) is 11.1 Å². The molecule has 2 aromatic rings. The Morgan fingerprint density at radius 3 is 2.48 bits per heavy atom. The van der Waals surface area contributed by atoms with Gasteiger partial charge in [-0.25, -0.2) is 13.1 Å². The summed E-state index contributed by atoms with van der Waals surface area (Å²) in [6.45, 7) is 7.07. The number of anilines is 1. The van der Waals surface area contributed by atoms with E-state index in [4.69, 9.17) is 10.3 Å². The number of nitrogens with one attached hydrogen (secondary N) is 1. The fourth-order valence-electron chi connectivity index (χ4n) is 2.28. The van der Waals surface area contributed by atoms with Gasteiger partial charge in [0.2, 0.25) is 10.0 Å². The molecule has 0 radical (unpaired) electrons. The number of nitrogens with zero attached hydrogens (tertiary/aromatic N) is 1. The lowest BCUT2D eigenvalue weighted by molar-refractivity contribution is 0.391. The second kappa shape index (κ2) is 5.50. The highest BCUT2D eigenvalue weighted by Gasteiger charge is 2.23. The van der Waals surface area contributed by atoms with Crippen molar-refractivity contribution in [1.82, 2.24) is 9.88 Å². The summed E-state index contributed by atoms with van der Waals surface area (Å²) in [6.07, 6.45) is 0. The minimum atomic E-state index is -3.63. The van der Waals surface area contributed by atoms with Crippen molar-refractivity contribution < 1.29 is 12.9 Å². The number of aromatic nitrogens is 1. The Bertz CT molecular complexity index is 746. The molecule has 1 aromatic carbocycles. The summed E-state index contributed by atoms with van der Waals surface area (Å²) >= 11 is 0. The van der Waals surface area contributed by atoms with Gasteiger partial charge < -0.3 is 10.3 Å². The molecule has 1 heterocycles. The molecule has 0 bridgehead atoms. The topological polar surface area (TPSA) is 98.2 Å². The third kappa shape index (κ3) is 3.08. The summed E-state index contributed by atoms with van der Waals surface area (Å²) in [7, 11) is -3.63. The van der Waals surface area contributed by atoms with Crippen molar-refractivity contribution >= 4 is 15.7 Å². The van der Waals surface area contributed by atoms with Crippen LogP contribution in [0.4, 0.5) is 5.69 Å².